The van der Waals surface area contributed by atoms with Gasteiger partial charge in [0.25, 0.3) is 0 Å². The van der Waals surface area contributed by atoms with Crippen LogP contribution in [0.5, 0.6) is 0 Å². The molecule has 0 radical (unpaired) electrons. The molecule has 3 nitrogen and oxygen atoms in total. The van der Waals surface area contributed by atoms with Gasteiger partial charge in [-0.25, -0.2) is 0 Å². The highest BCUT2D eigenvalue weighted by molar-refractivity contribution is 6.64. The minimum atomic E-state index is -0.428. The molecule has 0 bridgehead atoms. The minimum absolute atomic E-state index is 0.264. The quantitative estimate of drug-likeness (QED) is 0.475. The van der Waals surface area contributed by atoms with Gasteiger partial charge in [-0.05, 0) is 24.9 Å². The molecule has 2 atom stereocenters. The Morgan fingerprint density at radius 2 is 2.18 bits per heavy atom. The predicted molar refractivity (Wildman–Crippen MR) is 39.1 cm³/mol. The van der Waals surface area contributed by atoms with E-state index in [0.29, 0.717) is 13.0 Å². The van der Waals surface area contributed by atoms with Crippen LogP contribution in [0.4, 0.5) is 0 Å². The Balaban J connectivity index is 2.32. The second-order valence-corrected chi connectivity index (χ2v) is 2.88. The third-order valence-corrected chi connectivity index (χ3v) is 1.95. The van der Waals surface area contributed by atoms with Crippen molar-refractivity contribution in [2.75, 3.05) is 6.61 Å². The molecule has 1 aliphatic rings. The third-order valence-electron chi connectivity index (χ3n) is 1.67. The molecular formula is C7H9ClO3. The van der Waals surface area contributed by atoms with Crippen molar-refractivity contribution in [2.45, 2.75) is 13.3 Å². The van der Waals surface area contributed by atoms with Gasteiger partial charge in [0.15, 0.2) is 0 Å². The van der Waals surface area contributed by atoms with Gasteiger partial charge < -0.3 is 4.74 Å². The minimum Gasteiger partial charge on any atom is -0.466 e. The van der Waals surface area contributed by atoms with Crippen LogP contribution in [0.15, 0.2) is 0 Å². The molecule has 0 amide bonds. The van der Waals surface area contributed by atoms with Crippen molar-refractivity contribution in [1.29, 1.82) is 0 Å². The number of ether oxygens (including phenoxy) is 1. The van der Waals surface area contributed by atoms with E-state index in [1.54, 1.807) is 6.92 Å². The fraction of sp³-hybridized carbons (Fsp3) is 0.714. The Kier molecular flexibility index (Phi) is 2.49. The van der Waals surface area contributed by atoms with Gasteiger partial charge in [0.1, 0.15) is 0 Å². The molecule has 0 spiro atoms. The van der Waals surface area contributed by atoms with Crippen molar-refractivity contribution in [3.05, 3.63) is 0 Å². The SMILES string of the molecule is CCOC(=O)[C@H]1C[C@@H]1C(=O)Cl. The van der Waals surface area contributed by atoms with Crippen LogP contribution >= 0.6 is 11.6 Å². The standard InChI is InChI=1S/C7H9ClO3/c1-2-11-7(10)5-3-4(5)6(8)9/h4-5H,2-3H2,1H3/t4-,5-/m0/s1. The summed E-state index contributed by atoms with van der Waals surface area (Å²) in [5.74, 6) is -0.845. The van der Waals surface area contributed by atoms with Crippen LogP contribution in [0, 0.1) is 11.8 Å². The first-order valence-electron chi connectivity index (χ1n) is 3.52. The number of rotatable bonds is 3. The van der Waals surface area contributed by atoms with Crippen LogP contribution in [0.25, 0.3) is 0 Å². The molecule has 62 valence electrons. The van der Waals surface area contributed by atoms with Crippen molar-refractivity contribution < 1.29 is 14.3 Å². The lowest BCUT2D eigenvalue weighted by Crippen LogP contribution is -2.09. The molecule has 0 aromatic rings. The molecule has 1 aliphatic carbocycles. The van der Waals surface area contributed by atoms with Crippen molar-refractivity contribution in [3.8, 4) is 0 Å². The zero-order chi connectivity index (χ0) is 8.43. The summed E-state index contributed by atoms with van der Waals surface area (Å²) in [5.41, 5.74) is 0. The van der Waals surface area contributed by atoms with E-state index in [-0.39, 0.29) is 17.8 Å². The van der Waals surface area contributed by atoms with E-state index in [2.05, 4.69) is 0 Å². The lowest BCUT2D eigenvalue weighted by molar-refractivity contribution is -0.145. The van der Waals surface area contributed by atoms with Gasteiger partial charge in [0, 0.05) is 5.92 Å². The van der Waals surface area contributed by atoms with E-state index in [9.17, 15) is 9.59 Å². The summed E-state index contributed by atoms with van der Waals surface area (Å²) in [5, 5.41) is -0.428. The highest BCUT2D eigenvalue weighted by Gasteiger charge is 2.48. The monoisotopic (exact) mass is 176 g/mol. The third kappa shape index (κ3) is 1.93. The second-order valence-electron chi connectivity index (χ2n) is 2.50. The van der Waals surface area contributed by atoms with Gasteiger partial charge in [-0.1, -0.05) is 0 Å². The van der Waals surface area contributed by atoms with Crippen molar-refractivity contribution in [3.63, 3.8) is 0 Å². The van der Waals surface area contributed by atoms with Gasteiger partial charge >= 0.3 is 5.97 Å². The van der Waals surface area contributed by atoms with Gasteiger partial charge in [-0.15, -0.1) is 0 Å². The average Bonchev–Trinajstić information content (AvgIpc) is 2.65. The summed E-state index contributed by atoms with van der Waals surface area (Å²) in [4.78, 5) is 21.4. The highest BCUT2D eigenvalue weighted by Crippen LogP contribution is 2.40. The van der Waals surface area contributed by atoms with Crippen molar-refractivity contribution >= 4 is 22.8 Å². The topological polar surface area (TPSA) is 43.4 Å². The molecular weight excluding hydrogens is 168 g/mol. The lowest BCUT2D eigenvalue weighted by Gasteiger charge is -1.97. The second kappa shape index (κ2) is 3.22. The molecule has 4 heteroatoms. The van der Waals surface area contributed by atoms with E-state index in [0.717, 1.165) is 0 Å². The van der Waals surface area contributed by atoms with Crippen molar-refractivity contribution in [1.82, 2.24) is 0 Å². The van der Waals surface area contributed by atoms with E-state index in [4.69, 9.17) is 16.3 Å². The number of carbonyl (C=O) groups excluding carboxylic acids is 2. The Hall–Kier alpha value is -0.570. The normalized spacial score (nSPS) is 27.8. The fourth-order valence-corrected chi connectivity index (χ4v) is 1.20. The number of hydrogen-bond acceptors (Lipinski definition) is 3. The lowest BCUT2D eigenvalue weighted by atomic mass is 10.3. The van der Waals surface area contributed by atoms with Crippen LogP contribution in [0.1, 0.15) is 13.3 Å². The number of halogens is 1. The summed E-state index contributed by atoms with van der Waals surface area (Å²) < 4.78 is 4.70. The van der Waals surface area contributed by atoms with Crippen LogP contribution in [-0.4, -0.2) is 17.8 Å². The maximum absolute atomic E-state index is 10.9. The van der Waals surface area contributed by atoms with Gasteiger partial charge in [0.2, 0.25) is 5.24 Å². The smallest absolute Gasteiger partial charge is 0.309 e. The molecule has 0 saturated heterocycles. The first-order chi connectivity index (χ1) is 5.16. The predicted octanol–water partition coefficient (Wildman–Crippen LogP) is 0.951. The molecule has 11 heavy (non-hydrogen) atoms. The van der Waals surface area contributed by atoms with Gasteiger partial charge in [0.05, 0.1) is 12.5 Å². The van der Waals surface area contributed by atoms with E-state index in [1.807, 2.05) is 0 Å². The Bertz CT molecular complexity index is 190. The van der Waals surface area contributed by atoms with Gasteiger partial charge in [-0.2, -0.15) is 0 Å². The summed E-state index contributed by atoms with van der Waals surface area (Å²) in [6.45, 7) is 2.09. The summed E-state index contributed by atoms with van der Waals surface area (Å²) in [7, 11) is 0. The first-order valence-corrected chi connectivity index (χ1v) is 3.90. The number of carbonyl (C=O) groups is 2. The molecule has 0 unspecified atom stereocenters. The maximum atomic E-state index is 10.9. The van der Waals surface area contributed by atoms with E-state index < -0.39 is 5.24 Å². The van der Waals surface area contributed by atoms with E-state index in [1.165, 1.54) is 0 Å². The molecule has 0 aliphatic heterocycles. The Morgan fingerprint density at radius 3 is 2.55 bits per heavy atom. The summed E-state index contributed by atoms with van der Waals surface area (Å²) in [6.07, 6.45) is 0.557. The summed E-state index contributed by atoms with van der Waals surface area (Å²) >= 11 is 5.17. The van der Waals surface area contributed by atoms with E-state index >= 15 is 0 Å². The maximum Gasteiger partial charge on any atom is 0.309 e. The fourth-order valence-electron chi connectivity index (χ4n) is 0.956. The average molecular weight is 177 g/mol. The van der Waals surface area contributed by atoms with Crippen LogP contribution in [0.3, 0.4) is 0 Å². The molecule has 1 saturated carbocycles. The Labute approximate surface area is 69.7 Å². The Morgan fingerprint density at radius 1 is 1.55 bits per heavy atom. The zero-order valence-electron chi connectivity index (χ0n) is 6.17. The summed E-state index contributed by atoms with van der Waals surface area (Å²) in [6, 6.07) is 0. The van der Waals surface area contributed by atoms with Crippen LogP contribution in [-0.2, 0) is 14.3 Å². The zero-order valence-corrected chi connectivity index (χ0v) is 6.93. The van der Waals surface area contributed by atoms with Crippen molar-refractivity contribution in [2.24, 2.45) is 11.8 Å². The molecule has 0 N–H and O–H groups in total. The molecule has 0 aromatic carbocycles. The molecule has 1 rings (SSSR count). The molecule has 1 fully saturated rings. The van der Waals surface area contributed by atoms with Crippen LogP contribution < -0.4 is 0 Å². The molecule has 0 aromatic heterocycles. The highest BCUT2D eigenvalue weighted by atomic mass is 35.5. The molecule has 0 heterocycles. The number of esters is 1. The largest absolute Gasteiger partial charge is 0.466 e. The van der Waals surface area contributed by atoms with Crippen LogP contribution in [0.2, 0.25) is 0 Å². The van der Waals surface area contributed by atoms with Gasteiger partial charge in [-0.3, -0.25) is 9.59 Å². The number of hydrogen-bond donors (Lipinski definition) is 0. The first kappa shape index (κ1) is 8.53.